The molecule has 0 spiro atoms. The summed E-state index contributed by atoms with van der Waals surface area (Å²) < 4.78 is 0. The number of anilines is 1. The van der Waals surface area contributed by atoms with E-state index in [1.54, 1.807) is 5.56 Å². The number of fused-ring (bicyclic) bond motifs is 1. The lowest BCUT2D eigenvalue weighted by atomic mass is 9.81. The van der Waals surface area contributed by atoms with Gasteiger partial charge in [-0.3, -0.25) is 0 Å². The molecule has 0 aromatic heterocycles. The van der Waals surface area contributed by atoms with Crippen molar-refractivity contribution in [3.63, 3.8) is 0 Å². The predicted octanol–water partition coefficient (Wildman–Crippen LogP) is 3.52. The molecule has 1 unspecified atom stereocenters. The molecule has 2 nitrogen and oxygen atoms in total. The molecule has 0 fully saturated rings. The van der Waals surface area contributed by atoms with E-state index in [-0.39, 0.29) is 5.41 Å². The lowest BCUT2D eigenvalue weighted by Crippen LogP contribution is -2.29. The molecule has 1 aromatic carbocycles. The molecule has 1 aromatic rings. The molecule has 1 heterocycles. The van der Waals surface area contributed by atoms with Gasteiger partial charge in [-0.15, -0.1) is 0 Å². The van der Waals surface area contributed by atoms with Crippen LogP contribution in [-0.4, -0.2) is 27.2 Å². The van der Waals surface area contributed by atoms with Gasteiger partial charge in [0.15, 0.2) is 0 Å². The van der Waals surface area contributed by atoms with Crippen molar-refractivity contribution in [3.05, 3.63) is 29.3 Å². The number of nitrogens with one attached hydrogen (secondary N) is 1. The Morgan fingerprint density at radius 3 is 2.68 bits per heavy atom. The van der Waals surface area contributed by atoms with E-state index in [1.807, 2.05) is 7.05 Å². The molecule has 0 saturated heterocycles. The molecule has 106 valence electrons. The van der Waals surface area contributed by atoms with Gasteiger partial charge in [-0.25, -0.2) is 0 Å². The van der Waals surface area contributed by atoms with Crippen LogP contribution in [0, 0.1) is 0 Å². The van der Waals surface area contributed by atoms with E-state index in [1.165, 1.54) is 30.6 Å². The van der Waals surface area contributed by atoms with Gasteiger partial charge in [0.25, 0.3) is 0 Å². The Bertz CT molecular complexity index is 431. The van der Waals surface area contributed by atoms with Gasteiger partial charge in [-0.2, -0.15) is 0 Å². The van der Waals surface area contributed by atoms with Crippen molar-refractivity contribution in [2.24, 2.45) is 0 Å². The molecule has 0 radical (unpaired) electrons. The standard InChI is InChI=1S/C17H28N2/c1-17(2,3)14-6-7-16-15(12-14)13(8-10-18-4)9-11-19(16)5/h6-7,12-13,18H,8-11H2,1-5H3. The Labute approximate surface area is 118 Å². The van der Waals surface area contributed by atoms with Crippen molar-refractivity contribution in [2.75, 3.05) is 32.1 Å². The first-order valence-corrected chi connectivity index (χ1v) is 7.43. The van der Waals surface area contributed by atoms with E-state index >= 15 is 0 Å². The minimum atomic E-state index is 0.235. The van der Waals surface area contributed by atoms with Gasteiger partial charge >= 0.3 is 0 Å². The third-order valence-electron chi connectivity index (χ3n) is 4.30. The largest absolute Gasteiger partial charge is 0.374 e. The number of nitrogens with zero attached hydrogens (tertiary/aromatic N) is 1. The lowest BCUT2D eigenvalue weighted by Gasteiger charge is -2.35. The van der Waals surface area contributed by atoms with Crippen molar-refractivity contribution < 1.29 is 0 Å². The van der Waals surface area contributed by atoms with Gasteiger partial charge in [0.2, 0.25) is 0 Å². The zero-order valence-corrected chi connectivity index (χ0v) is 13.1. The Hall–Kier alpha value is -1.02. The molecule has 0 bridgehead atoms. The van der Waals surface area contributed by atoms with Gasteiger partial charge in [0, 0.05) is 19.3 Å². The maximum Gasteiger partial charge on any atom is 0.0399 e. The molecule has 1 atom stereocenters. The summed E-state index contributed by atoms with van der Waals surface area (Å²) in [7, 11) is 4.26. The summed E-state index contributed by atoms with van der Waals surface area (Å²) in [6.45, 7) is 9.17. The maximum atomic E-state index is 3.29. The molecule has 1 aliphatic rings. The van der Waals surface area contributed by atoms with Crippen LogP contribution in [0.1, 0.15) is 50.7 Å². The van der Waals surface area contributed by atoms with Crippen molar-refractivity contribution in [3.8, 4) is 0 Å². The molecule has 19 heavy (non-hydrogen) atoms. The summed E-state index contributed by atoms with van der Waals surface area (Å²) >= 11 is 0. The van der Waals surface area contributed by atoms with Crippen LogP contribution in [-0.2, 0) is 5.41 Å². The molecule has 1 aliphatic heterocycles. The Morgan fingerprint density at radius 1 is 1.32 bits per heavy atom. The summed E-state index contributed by atoms with van der Waals surface area (Å²) in [5, 5.41) is 3.29. The van der Waals surface area contributed by atoms with Crippen LogP contribution in [0.15, 0.2) is 18.2 Å². The van der Waals surface area contributed by atoms with E-state index in [4.69, 9.17) is 0 Å². The van der Waals surface area contributed by atoms with Gasteiger partial charge in [-0.05, 0) is 55.0 Å². The highest BCUT2D eigenvalue weighted by Gasteiger charge is 2.25. The van der Waals surface area contributed by atoms with Crippen molar-refractivity contribution in [1.29, 1.82) is 0 Å². The second-order valence-corrected chi connectivity index (χ2v) is 6.82. The third kappa shape index (κ3) is 3.11. The molecule has 1 N–H and O–H groups in total. The first kappa shape index (κ1) is 14.4. The predicted molar refractivity (Wildman–Crippen MR) is 84.3 cm³/mol. The topological polar surface area (TPSA) is 15.3 Å². The van der Waals surface area contributed by atoms with Crippen molar-refractivity contribution in [2.45, 2.75) is 44.9 Å². The van der Waals surface area contributed by atoms with E-state index in [2.05, 4.69) is 56.2 Å². The molecule has 0 saturated carbocycles. The Kier molecular flexibility index (Phi) is 4.19. The average Bonchev–Trinajstić information content (AvgIpc) is 2.37. The fourth-order valence-electron chi connectivity index (χ4n) is 2.94. The quantitative estimate of drug-likeness (QED) is 0.894. The summed E-state index contributed by atoms with van der Waals surface area (Å²) in [4.78, 5) is 2.40. The summed E-state index contributed by atoms with van der Waals surface area (Å²) in [6, 6.07) is 7.07. The van der Waals surface area contributed by atoms with E-state index < -0.39 is 0 Å². The molecule has 0 amide bonds. The highest BCUT2D eigenvalue weighted by atomic mass is 15.1. The van der Waals surface area contributed by atoms with Crippen molar-refractivity contribution >= 4 is 5.69 Å². The lowest BCUT2D eigenvalue weighted by molar-refractivity contribution is 0.533. The highest BCUT2D eigenvalue weighted by Crippen LogP contribution is 2.38. The minimum absolute atomic E-state index is 0.235. The first-order valence-electron chi connectivity index (χ1n) is 7.43. The van der Waals surface area contributed by atoms with Crippen LogP contribution < -0.4 is 10.2 Å². The summed E-state index contributed by atoms with van der Waals surface area (Å²) in [6.07, 6.45) is 2.52. The second-order valence-electron chi connectivity index (χ2n) is 6.82. The zero-order chi connectivity index (χ0) is 14.0. The fraction of sp³-hybridized carbons (Fsp3) is 0.647. The monoisotopic (exact) mass is 260 g/mol. The average molecular weight is 260 g/mol. The Morgan fingerprint density at radius 2 is 2.05 bits per heavy atom. The maximum absolute atomic E-state index is 3.29. The van der Waals surface area contributed by atoms with Crippen LogP contribution >= 0.6 is 0 Å². The third-order valence-corrected chi connectivity index (χ3v) is 4.30. The highest BCUT2D eigenvalue weighted by molar-refractivity contribution is 5.58. The van der Waals surface area contributed by atoms with E-state index in [0.717, 1.165) is 6.54 Å². The van der Waals surface area contributed by atoms with Gasteiger partial charge in [-0.1, -0.05) is 32.9 Å². The van der Waals surface area contributed by atoms with Crippen LogP contribution in [0.4, 0.5) is 5.69 Å². The SMILES string of the molecule is CNCCC1CCN(C)c2ccc(C(C)(C)C)cc21. The molecule has 0 aliphatic carbocycles. The number of hydrogen-bond donors (Lipinski definition) is 1. The number of benzene rings is 1. The molecular weight excluding hydrogens is 232 g/mol. The van der Waals surface area contributed by atoms with Crippen LogP contribution in [0.5, 0.6) is 0 Å². The summed E-state index contributed by atoms with van der Waals surface area (Å²) in [5.41, 5.74) is 4.67. The van der Waals surface area contributed by atoms with Crippen LogP contribution in [0.3, 0.4) is 0 Å². The first-order chi connectivity index (χ1) is 8.93. The summed E-state index contributed by atoms with van der Waals surface area (Å²) in [5.74, 6) is 0.709. The molecule has 2 rings (SSSR count). The van der Waals surface area contributed by atoms with E-state index in [0.29, 0.717) is 5.92 Å². The van der Waals surface area contributed by atoms with Gasteiger partial charge < -0.3 is 10.2 Å². The molecular formula is C17H28N2. The Balaban J connectivity index is 2.36. The van der Waals surface area contributed by atoms with Crippen molar-refractivity contribution in [1.82, 2.24) is 5.32 Å². The van der Waals surface area contributed by atoms with Gasteiger partial charge in [0.1, 0.15) is 0 Å². The second kappa shape index (κ2) is 5.54. The minimum Gasteiger partial charge on any atom is -0.374 e. The van der Waals surface area contributed by atoms with Crippen LogP contribution in [0.2, 0.25) is 0 Å². The fourth-order valence-corrected chi connectivity index (χ4v) is 2.94. The smallest absolute Gasteiger partial charge is 0.0399 e. The van der Waals surface area contributed by atoms with E-state index in [9.17, 15) is 0 Å². The normalized spacial score (nSPS) is 19.4. The zero-order valence-electron chi connectivity index (χ0n) is 13.1. The number of rotatable bonds is 3. The number of hydrogen-bond acceptors (Lipinski definition) is 2. The van der Waals surface area contributed by atoms with Gasteiger partial charge in [0.05, 0.1) is 0 Å². The van der Waals surface area contributed by atoms with Crippen LogP contribution in [0.25, 0.3) is 0 Å². The molecule has 2 heteroatoms.